The van der Waals surface area contributed by atoms with Crippen molar-refractivity contribution in [3.8, 4) is 0 Å². The van der Waals surface area contributed by atoms with Gasteiger partial charge in [0.1, 0.15) is 0 Å². The zero-order valence-corrected chi connectivity index (χ0v) is 19.7. The fourth-order valence-corrected chi connectivity index (χ4v) is 4.64. The Hall–Kier alpha value is -3.60. The molecule has 0 aromatic heterocycles. The lowest BCUT2D eigenvalue weighted by atomic mass is 9.94. The van der Waals surface area contributed by atoms with E-state index in [1.54, 1.807) is 0 Å². The molecule has 1 heterocycles. The van der Waals surface area contributed by atoms with Crippen LogP contribution in [0.2, 0.25) is 0 Å². The van der Waals surface area contributed by atoms with Gasteiger partial charge in [-0.3, -0.25) is 9.59 Å². The quantitative estimate of drug-likeness (QED) is 0.508. The first-order valence-corrected chi connectivity index (χ1v) is 12.2. The van der Waals surface area contributed by atoms with E-state index in [0.717, 1.165) is 49.2 Å². The summed E-state index contributed by atoms with van der Waals surface area (Å²) in [5.74, 6) is -0.0790. The van der Waals surface area contributed by atoms with Crippen molar-refractivity contribution in [3.05, 3.63) is 102 Å². The molecule has 2 N–H and O–H groups in total. The Morgan fingerprint density at radius 1 is 0.882 bits per heavy atom. The molecule has 3 aromatic carbocycles. The van der Waals surface area contributed by atoms with Gasteiger partial charge in [0.2, 0.25) is 5.91 Å². The minimum Gasteiger partial charge on any atom is -0.371 e. The number of hydrogen-bond donors (Lipinski definition) is 2. The van der Waals surface area contributed by atoms with Crippen LogP contribution in [0.5, 0.6) is 0 Å². The van der Waals surface area contributed by atoms with Gasteiger partial charge in [-0.25, -0.2) is 0 Å². The molecule has 1 aliphatic rings. The average molecular weight is 456 g/mol. The van der Waals surface area contributed by atoms with Gasteiger partial charge in [0, 0.05) is 31.4 Å². The molecule has 0 bridgehead atoms. The molecule has 1 aliphatic heterocycles. The van der Waals surface area contributed by atoms with Crippen LogP contribution >= 0.6 is 0 Å². The molecule has 34 heavy (non-hydrogen) atoms. The second kappa shape index (κ2) is 11.5. The van der Waals surface area contributed by atoms with E-state index in [1.165, 1.54) is 0 Å². The summed E-state index contributed by atoms with van der Waals surface area (Å²) in [6.07, 6.45) is 2.49. The van der Waals surface area contributed by atoms with Crippen LogP contribution in [-0.4, -0.2) is 30.9 Å². The van der Waals surface area contributed by atoms with Crippen molar-refractivity contribution in [2.75, 3.05) is 18.0 Å². The summed E-state index contributed by atoms with van der Waals surface area (Å²) in [6.45, 7) is 4.16. The molecular formula is C29H33N3O2. The first-order valence-electron chi connectivity index (χ1n) is 12.2. The van der Waals surface area contributed by atoms with Crippen molar-refractivity contribution < 1.29 is 9.59 Å². The van der Waals surface area contributed by atoms with Crippen LogP contribution in [-0.2, 0) is 11.3 Å². The van der Waals surface area contributed by atoms with Crippen molar-refractivity contribution in [1.29, 1.82) is 0 Å². The van der Waals surface area contributed by atoms with Gasteiger partial charge in [0.15, 0.2) is 0 Å². The van der Waals surface area contributed by atoms with Crippen LogP contribution in [0.4, 0.5) is 5.69 Å². The molecule has 5 heteroatoms. The van der Waals surface area contributed by atoms with Crippen molar-refractivity contribution in [1.82, 2.24) is 10.6 Å². The Balaban J connectivity index is 1.34. The van der Waals surface area contributed by atoms with E-state index in [4.69, 9.17) is 0 Å². The SMILES string of the molecule is CC[C@H](C(=O)NC1CCN(c2ccccc2C(=O)NCc2ccccc2)CC1)c1ccccc1. The van der Waals surface area contributed by atoms with Gasteiger partial charge in [-0.1, -0.05) is 79.7 Å². The van der Waals surface area contributed by atoms with Crippen LogP contribution < -0.4 is 15.5 Å². The maximum Gasteiger partial charge on any atom is 0.253 e. The predicted molar refractivity (Wildman–Crippen MR) is 137 cm³/mol. The Morgan fingerprint density at radius 3 is 2.18 bits per heavy atom. The van der Waals surface area contributed by atoms with Gasteiger partial charge in [0.05, 0.1) is 11.5 Å². The summed E-state index contributed by atoms with van der Waals surface area (Å²) in [5.41, 5.74) is 3.78. The van der Waals surface area contributed by atoms with Crippen molar-refractivity contribution >= 4 is 17.5 Å². The van der Waals surface area contributed by atoms with Crippen LogP contribution in [0.1, 0.15) is 53.6 Å². The molecule has 1 fully saturated rings. The van der Waals surface area contributed by atoms with Crippen molar-refractivity contribution in [2.24, 2.45) is 0 Å². The van der Waals surface area contributed by atoms with Crippen LogP contribution in [0.3, 0.4) is 0 Å². The molecule has 5 nitrogen and oxygen atoms in total. The maximum absolute atomic E-state index is 12.9. The molecule has 1 saturated heterocycles. The molecule has 2 amide bonds. The van der Waals surface area contributed by atoms with Gasteiger partial charge in [0.25, 0.3) is 5.91 Å². The fraction of sp³-hybridized carbons (Fsp3) is 0.310. The third kappa shape index (κ3) is 5.84. The monoisotopic (exact) mass is 455 g/mol. The zero-order chi connectivity index (χ0) is 23.8. The lowest BCUT2D eigenvalue weighted by Gasteiger charge is -2.35. The van der Waals surface area contributed by atoms with E-state index < -0.39 is 0 Å². The number of anilines is 1. The highest BCUT2D eigenvalue weighted by Crippen LogP contribution is 2.25. The number of nitrogens with one attached hydrogen (secondary N) is 2. The Labute approximate surface area is 202 Å². The van der Waals surface area contributed by atoms with Crippen LogP contribution in [0.25, 0.3) is 0 Å². The fourth-order valence-electron chi connectivity index (χ4n) is 4.64. The van der Waals surface area contributed by atoms with Crippen LogP contribution in [0, 0.1) is 0 Å². The maximum atomic E-state index is 12.9. The van der Waals surface area contributed by atoms with E-state index in [0.29, 0.717) is 12.1 Å². The standard InChI is InChI=1S/C29H33N3O2/c1-2-25(23-13-7-4-8-14-23)29(34)31-24-17-19-32(20-18-24)27-16-10-9-15-26(27)28(33)30-21-22-11-5-3-6-12-22/h3-16,24-25H,2,17-21H2,1H3,(H,30,33)(H,31,34)/t25-/m0/s1. The molecular weight excluding hydrogens is 422 g/mol. The number of benzene rings is 3. The van der Waals surface area contributed by atoms with Crippen molar-refractivity contribution in [2.45, 2.75) is 44.7 Å². The second-order valence-electron chi connectivity index (χ2n) is 8.83. The minimum atomic E-state index is -0.117. The van der Waals surface area contributed by atoms with Gasteiger partial charge in [-0.05, 0) is 42.5 Å². The molecule has 176 valence electrons. The summed E-state index contributed by atoms with van der Waals surface area (Å²) in [7, 11) is 0. The highest BCUT2D eigenvalue weighted by Gasteiger charge is 2.26. The van der Waals surface area contributed by atoms with Crippen molar-refractivity contribution in [3.63, 3.8) is 0 Å². The van der Waals surface area contributed by atoms with Gasteiger partial charge < -0.3 is 15.5 Å². The lowest BCUT2D eigenvalue weighted by Crippen LogP contribution is -2.46. The summed E-state index contributed by atoms with van der Waals surface area (Å²) < 4.78 is 0. The Bertz CT molecular complexity index is 1080. The van der Waals surface area contributed by atoms with E-state index in [9.17, 15) is 9.59 Å². The largest absolute Gasteiger partial charge is 0.371 e. The molecule has 1 atom stereocenters. The predicted octanol–water partition coefficient (Wildman–Crippen LogP) is 4.90. The van der Waals surface area contributed by atoms with Gasteiger partial charge in [-0.15, -0.1) is 0 Å². The molecule has 0 saturated carbocycles. The molecule has 0 aliphatic carbocycles. The van der Waals surface area contributed by atoms with Gasteiger partial charge >= 0.3 is 0 Å². The summed E-state index contributed by atoms with van der Waals surface area (Å²) in [5, 5.41) is 6.31. The molecule has 0 unspecified atom stereocenters. The number of amides is 2. The summed E-state index contributed by atoms with van der Waals surface area (Å²) >= 11 is 0. The molecule has 0 spiro atoms. The van der Waals surface area contributed by atoms with E-state index in [1.807, 2.05) is 84.9 Å². The normalized spacial score (nSPS) is 14.9. The first-order chi connectivity index (χ1) is 16.7. The number of carbonyl (C=O) groups excluding carboxylic acids is 2. The Morgan fingerprint density at radius 2 is 1.50 bits per heavy atom. The molecule has 3 aromatic rings. The summed E-state index contributed by atoms with van der Waals surface area (Å²) in [4.78, 5) is 28.1. The average Bonchev–Trinajstić information content (AvgIpc) is 2.89. The third-order valence-electron chi connectivity index (χ3n) is 6.55. The highest BCUT2D eigenvalue weighted by atomic mass is 16.2. The topological polar surface area (TPSA) is 61.4 Å². The van der Waals surface area contributed by atoms with Gasteiger partial charge in [-0.2, -0.15) is 0 Å². The minimum absolute atomic E-state index is 0.0662. The first kappa shape index (κ1) is 23.6. The molecule has 0 radical (unpaired) electrons. The van der Waals surface area contributed by atoms with E-state index in [-0.39, 0.29) is 23.8 Å². The number of para-hydroxylation sites is 1. The number of carbonyl (C=O) groups is 2. The zero-order valence-electron chi connectivity index (χ0n) is 19.7. The van der Waals surface area contributed by atoms with E-state index >= 15 is 0 Å². The molecule has 4 rings (SSSR count). The number of nitrogens with zero attached hydrogens (tertiary/aromatic N) is 1. The second-order valence-corrected chi connectivity index (χ2v) is 8.83. The lowest BCUT2D eigenvalue weighted by molar-refractivity contribution is -0.123. The number of piperidine rings is 1. The Kier molecular flexibility index (Phi) is 7.97. The smallest absolute Gasteiger partial charge is 0.253 e. The van der Waals surface area contributed by atoms with Crippen LogP contribution in [0.15, 0.2) is 84.9 Å². The highest BCUT2D eigenvalue weighted by molar-refractivity contribution is 5.99. The van der Waals surface area contributed by atoms with E-state index in [2.05, 4.69) is 22.5 Å². The summed E-state index contributed by atoms with van der Waals surface area (Å²) in [6, 6.07) is 27.8. The third-order valence-corrected chi connectivity index (χ3v) is 6.55. The number of rotatable bonds is 8. The number of hydrogen-bond acceptors (Lipinski definition) is 3.